The monoisotopic (exact) mass is 300 g/mol. The number of hydrogen-bond donors (Lipinski definition) is 0. The highest BCUT2D eigenvalue weighted by atomic mass is 79.9. The van der Waals surface area contributed by atoms with Crippen molar-refractivity contribution < 1.29 is 14.3 Å². The fourth-order valence-corrected chi connectivity index (χ4v) is 1.58. The number of pyridine rings is 1. The van der Waals surface area contributed by atoms with Crippen molar-refractivity contribution >= 4 is 27.8 Å². The SMILES string of the molecule is COC(=O)CCN(C)C(=O)c1cncc(Br)c1. The van der Waals surface area contributed by atoms with Crippen LogP contribution in [-0.2, 0) is 9.53 Å². The summed E-state index contributed by atoms with van der Waals surface area (Å²) in [5, 5.41) is 0. The average molecular weight is 301 g/mol. The Morgan fingerprint density at radius 3 is 2.76 bits per heavy atom. The molecule has 0 bridgehead atoms. The maximum absolute atomic E-state index is 11.9. The maximum atomic E-state index is 11.9. The van der Waals surface area contributed by atoms with Crippen LogP contribution in [0.2, 0.25) is 0 Å². The van der Waals surface area contributed by atoms with E-state index in [0.717, 1.165) is 4.47 Å². The van der Waals surface area contributed by atoms with Crippen LogP contribution in [0.4, 0.5) is 0 Å². The van der Waals surface area contributed by atoms with E-state index >= 15 is 0 Å². The molecule has 17 heavy (non-hydrogen) atoms. The van der Waals surface area contributed by atoms with Crippen molar-refractivity contribution in [2.45, 2.75) is 6.42 Å². The van der Waals surface area contributed by atoms with Gasteiger partial charge in [0, 0.05) is 30.5 Å². The summed E-state index contributed by atoms with van der Waals surface area (Å²) in [5.74, 6) is -0.514. The third-order valence-corrected chi connectivity index (χ3v) is 2.61. The Hall–Kier alpha value is -1.43. The Morgan fingerprint density at radius 1 is 1.47 bits per heavy atom. The standard InChI is InChI=1S/C11H13BrN2O3/c1-14(4-3-10(15)17-2)11(16)8-5-9(12)7-13-6-8/h5-7H,3-4H2,1-2H3. The van der Waals surface area contributed by atoms with Crippen LogP contribution in [0.15, 0.2) is 22.9 Å². The summed E-state index contributed by atoms with van der Waals surface area (Å²) in [7, 11) is 2.95. The van der Waals surface area contributed by atoms with Crippen LogP contribution in [0.1, 0.15) is 16.8 Å². The number of hydrogen-bond acceptors (Lipinski definition) is 4. The molecule has 0 aliphatic heterocycles. The molecule has 1 amide bonds. The van der Waals surface area contributed by atoms with E-state index in [0.29, 0.717) is 12.1 Å². The normalized spacial score (nSPS) is 9.82. The average Bonchev–Trinajstić information content (AvgIpc) is 2.34. The molecule has 92 valence electrons. The third kappa shape index (κ3) is 4.14. The zero-order chi connectivity index (χ0) is 12.8. The smallest absolute Gasteiger partial charge is 0.307 e. The first kappa shape index (κ1) is 13.6. The van der Waals surface area contributed by atoms with Crippen molar-refractivity contribution in [2.24, 2.45) is 0 Å². The zero-order valence-corrected chi connectivity index (χ0v) is 11.2. The number of esters is 1. The molecule has 0 saturated carbocycles. The van der Waals surface area contributed by atoms with Crippen molar-refractivity contribution in [1.29, 1.82) is 0 Å². The third-order valence-electron chi connectivity index (χ3n) is 2.18. The van der Waals surface area contributed by atoms with Crippen molar-refractivity contribution in [1.82, 2.24) is 9.88 Å². The van der Waals surface area contributed by atoms with Crippen LogP contribution in [0.3, 0.4) is 0 Å². The van der Waals surface area contributed by atoms with E-state index in [4.69, 9.17) is 0 Å². The number of carbonyl (C=O) groups excluding carboxylic acids is 2. The first-order chi connectivity index (χ1) is 8.04. The molecule has 1 heterocycles. The minimum Gasteiger partial charge on any atom is -0.469 e. The molecule has 0 N–H and O–H groups in total. The second-order valence-electron chi connectivity index (χ2n) is 3.44. The van der Waals surface area contributed by atoms with Crippen molar-refractivity contribution in [2.75, 3.05) is 20.7 Å². The number of ether oxygens (including phenoxy) is 1. The van der Waals surface area contributed by atoms with Crippen molar-refractivity contribution in [3.05, 3.63) is 28.5 Å². The Labute approximate surface area is 108 Å². The van der Waals surface area contributed by atoms with E-state index in [1.807, 2.05) is 0 Å². The Balaban J connectivity index is 2.61. The fourth-order valence-electron chi connectivity index (χ4n) is 1.21. The van der Waals surface area contributed by atoms with E-state index in [9.17, 15) is 9.59 Å². The highest BCUT2D eigenvalue weighted by Gasteiger charge is 2.13. The maximum Gasteiger partial charge on any atom is 0.307 e. The molecule has 0 fully saturated rings. The highest BCUT2D eigenvalue weighted by molar-refractivity contribution is 9.10. The van der Waals surface area contributed by atoms with Gasteiger partial charge in [-0.05, 0) is 22.0 Å². The first-order valence-electron chi connectivity index (χ1n) is 4.97. The van der Waals surface area contributed by atoms with E-state index in [1.165, 1.54) is 18.2 Å². The Bertz CT molecular complexity index is 423. The number of aromatic nitrogens is 1. The van der Waals surface area contributed by atoms with Gasteiger partial charge in [-0.1, -0.05) is 0 Å². The lowest BCUT2D eigenvalue weighted by molar-refractivity contribution is -0.140. The van der Waals surface area contributed by atoms with Crippen molar-refractivity contribution in [3.8, 4) is 0 Å². The zero-order valence-electron chi connectivity index (χ0n) is 9.64. The van der Waals surface area contributed by atoms with Crippen LogP contribution < -0.4 is 0 Å². The molecule has 0 atom stereocenters. The van der Waals surface area contributed by atoms with Crippen LogP contribution in [0.25, 0.3) is 0 Å². The molecule has 5 nitrogen and oxygen atoms in total. The second-order valence-corrected chi connectivity index (χ2v) is 4.36. The molecular weight excluding hydrogens is 288 g/mol. The number of methoxy groups -OCH3 is 1. The van der Waals surface area contributed by atoms with Gasteiger partial charge in [-0.3, -0.25) is 14.6 Å². The van der Waals surface area contributed by atoms with Gasteiger partial charge >= 0.3 is 5.97 Å². The lowest BCUT2D eigenvalue weighted by Gasteiger charge is -2.16. The van der Waals surface area contributed by atoms with Gasteiger partial charge in [0.25, 0.3) is 5.91 Å². The predicted octanol–water partition coefficient (Wildman–Crippen LogP) is 1.48. The highest BCUT2D eigenvalue weighted by Crippen LogP contribution is 2.11. The van der Waals surface area contributed by atoms with E-state index in [-0.39, 0.29) is 18.3 Å². The summed E-state index contributed by atoms with van der Waals surface area (Å²) in [6.45, 7) is 0.317. The molecule has 1 rings (SSSR count). The summed E-state index contributed by atoms with van der Waals surface area (Å²) >= 11 is 3.25. The fraction of sp³-hybridized carbons (Fsp3) is 0.364. The summed E-state index contributed by atoms with van der Waals surface area (Å²) in [5.41, 5.74) is 0.478. The van der Waals surface area contributed by atoms with Gasteiger partial charge in [-0.15, -0.1) is 0 Å². The molecule has 0 aliphatic carbocycles. The van der Waals surface area contributed by atoms with Crippen LogP contribution in [0.5, 0.6) is 0 Å². The van der Waals surface area contributed by atoms with Gasteiger partial charge < -0.3 is 9.64 Å². The molecule has 0 spiro atoms. The van der Waals surface area contributed by atoms with Gasteiger partial charge in [0.15, 0.2) is 0 Å². The van der Waals surface area contributed by atoms with Crippen LogP contribution in [-0.4, -0.2) is 42.5 Å². The minimum atomic E-state index is -0.336. The van der Waals surface area contributed by atoms with Gasteiger partial charge in [-0.2, -0.15) is 0 Å². The second kappa shape index (κ2) is 6.34. The first-order valence-corrected chi connectivity index (χ1v) is 5.76. The molecule has 6 heteroatoms. The van der Waals surface area contributed by atoms with Crippen molar-refractivity contribution in [3.63, 3.8) is 0 Å². The van der Waals surface area contributed by atoms with Gasteiger partial charge in [0.05, 0.1) is 19.1 Å². The molecule has 0 saturated heterocycles. The quantitative estimate of drug-likeness (QED) is 0.790. The summed E-state index contributed by atoms with van der Waals surface area (Å²) in [6, 6.07) is 1.68. The van der Waals surface area contributed by atoms with Gasteiger partial charge in [0.1, 0.15) is 0 Å². The predicted molar refractivity (Wildman–Crippen MR) is 65.5 cm³/mol. The van der Waals surface area contributed by atoms with Gasteiger partial charge in [-0.25, -0.2) is 0 Å². The molecule has 0 unspecified atom stereocenters. The number of nitrogens with zero attached hydrogens (tertiary/aromatic N) is 2. The number of carbonyl (C=O) groups is 2. The minimum absolute atomic E-state index is 0.178. The summed E-state index contributed by atoms with van der Waals surface area (Å²) in [4.78, 5) is 28.2. The Kier molecular flexibility index (Phi) is 5.09. The molecule has 0 aliphatic rings. The summed E-state index contributed by atoms with van der Waals surface area (Å²) < 4.78 is 5.25. The molecule has 0 aromatic carbocycles. The molecule has 1 aromatic heterocycles. The van der Waals surface area contributed by atoms with Crippen LogP contribution >= 0.6 is 15.9 Å². The summed E-state index contributed by atoms with van der Waals surface area (Å²) in [6.07, 6.45) is 3.27. The van der Waals surface area contributed by atoms with Crippen LogP contribution in [0, 0.1) is 0 Å². The van der Waals surface area contributed by atoms with E-state index < -0.39 is 0 Å². The van der Waals surface area contributed by atoms with Gasteiger partial charge in [0.2, 0.25) is 0 Å². The van der Waals surface area contributed by atoms with E-state index in [1.54, 1.807) is 19.3 Å². The number of rotatable bonds is 4. The number of amides is 1. The lowest BCUT2D eigenvalue weighted by Crippen LogP contribution is -2.29. The topological polar surface area (TPSA) is 59.5 Å². The molecule has 1 aromatic rings. The largest absolute Gasteiger partial charge is 0.469 e. The van der Waals surface area contributed by atoms with E-state index in [2.05, 4.69) is 25.7 Å². The molecule has 0 radical (unpaired) electrons. The molecular formula is C11H13BrN2O3. The lowest BCUT2D eigenvalue weighted by atomic mass is 10.2. The Morgan fingerprint density at radius 2 is 2.18 bits per heavy atom. The number of halogens is 1.